The normalized spacial score (nSPS) is 7.45. The molecule has 3 nitrogen and oxygen atoms in total. The fourth-order valence-electron chi connectivity index (χ4n) is 0.450. The van der Waals surface area contributed by atoms with Crippen LogP contribution in [0, 0.1) is 18.3 Å². The maximum Gasteiger partial charge on any atom is 0.125 e. The topological polar surface area (TPSA) is 49.6 Å². The van der Waals surface area contributed by atoms with Gasteiger partial charge in [-0.2, -0.15) is 5.26 Å². The van der Waals surface area contributed by atoms with Gasteiger partial charge in [0.2, 0.25) is 0 Å². The zero-order valence-electron chi connectivity index (χ0n) is 7.00. The predicted octanol–water partition coefficient (Wildman–Crippen LogP) is 1.68. The van der Waals surface area contributed by atoms with Gasteiger partial charge >= 0.3 is 0 Å². The van der Waals surface area contributed by atoms with E-state index in [2.05, 4.69) is 9.97 Å². The van der Waals surface area contributed by atoms with Gasteiger partial charge in [0.1, 0.15) is 11.9 Å². The highest BCUT2D eigenvalue weighted by molar-refractivity contribution is 5.21. The van der Waals surface area contributed by atoms with E-state index in [1.165, 1.54) is 12.4 Å². The first kappa shape index (κ1) is 9.57. The minimum Gasteiger partial charge on any atom is -0.240 e. The SMILES string of the molecule is CC.Cc1ncc(C#N)cn1. The van der Waals surface area contributed by atoms with Gasteiger partial charge in [-0.3, -0.25) is 0 Å². The molecule has 58 valence electrons. The summed E-state index contributed by atoms with van der Waals surface area (Å²) in [7, 11) is 0. The van der Waals surface area contributed by atoms with E-state index in [9.17, 15) is 0 Å². The molecule has 0 fully saturated rings. The van der Waals surface area contributed by atoms with Crippen LogP contribution >= 0.6 is 0 Å². The lowest BCUT2D eigenvalue weighted by atomic mass is 10.4. The van der Waals surface area contributed by atoms with Crippen molar-refractivity contribution in [1.82, 2.24) is 9.97 Å². The Morgan fingerprint density at radius 2 is 1.73 bits per heavy atom. The average Bonchev–Trinajstić information content (AvgIpc) is 2.10. The minimum atomic E-state index is 0.501. The van der Waals surface area contributed by atoms with Crippen molar-refractivity contribution in [2.45, 2.75) is 20.8 Å². The van der Waals surface area contributed by atoms with Crippen LogP contribution in [0.25, 0.3) is 0 Å². The molecule has 1 rings (SSSR count). The van der Waals surface area contributed by atoms with E-state index in [0.717, 1.165) is 0 Å². The van der Waals surface area contributed by atoms with Gasteiger partial charge in [0.15, 0.2) is 0 Å². The van der Waals surface area contributed by atoms with Crippen molar-refractivity contribution in [2.24, 2.45) is 0 Å². The molecule has 0 aliphatic rings. The van der Waals surface area contributed by atoms with Crippen molar-refractivity contribution in [3.8, 4) is 6.07 Å². The summed E-state index contributed by atoms with van der Waals surface area (Å²) in [6, 6.07) is 1.93. The first-order valence-electron chi connectivity index (χ1n) is 3.51. The van der Waals surface area contributed by atoms with E-state index >= 15 is 0 Å². The van der Waals surface area contributed by atoms with Crippen LogP contribution in [0.4, 0.5) is 0 Å². The predicted molar refractivity (Wildman–Crippen MR) is 42.8 cm³/mol. The second-order valence-electron chi connectivity index (χ2n) is 1.63. The molecule has 0 aliphatic heterocycles. The standard InChI is InChI=1S/C6H5N3.C2H6/c1-5-8-3-6(2-7)4-9-5;1-2/h3-4H,1H3;1-2H3. The van der Waals surface area contributed by atoms with Gasteiger partial charge in [0, 0.05) is 12.4 Å². The minimum absolute atomic E-state index is 0.501. The molecule has 1 aromatic rings. The highest BCUT2D eigenvalue weighted by atomic mass is 14.8. The van der Waals surface area contributed by atoms with E-state index in [-0.39, 0.29) is 0 Å². The summed E-state index contributed by atoms with van der Waals surface area (Å²) in [5.41, 5.74) is 0.501. The van der Waals surface area contributed by atoms with E-state index in [1.807, 2.05) is 19.9 Å². The third-order valence-electron chi connectivity index (χ3n) is 0.910. The average molecular weight is 149 g/mol. The van der Waals surface area contributed by atoms with Crippen LogP contribution in [0.15, 0.2) is 12.4 Å². The summed E-state index contributed by atoms with van der Waals surface area (Å²) >= 11 is 0. The summed E-state index contributed by atoms with van der Waals surface area (Å²) in [4.78, 5) is 7.63. The molecule has 11 heavy (non-hydrogen) atoms. The third kappa shape index (κ3) is 3.31. The molecule has 0 N–H and O–H groups in total. The quantitative estimate of drug-likeness (QED) is 0.564. The second-order valence-corrected chi connectivity index (χ2v) is 1.63. The molecule has 0 aliphatic carbocycles. The number of nitrogens with zero attached hydrogens (tertiary/aromatic N) is 3. The lowest BCUT2D eigenvalue weighted by molar-refractivity contribution is 1.04. The molecule has 0 saturated heterocycles. The van der Waals surface area contributed by atoms with Crippen LogP contribution in [0.1, 0.15) is 25.2 Å². The van der Waals surface area contributed by atoms with Crippen molar-refractivity contribution in [1.29, 1.82) is 5.26 Å². The highest BCUT2D eigenvalue weighted by Crippen LogP contribution is 1.90. The summed E-state index contributed by atoms with van der Waals surface area (Å²) < 4.78 is 0. The second kappa shape index (κ2) is 5.36. The van der Waals surface area contributed by atoms with Gasteiger partial charge in [-0.1, -0.05) is 13.8 Å². The Labute approximate surface area is 66.7 Å². The van der Waals surface area contributed by atoms with Crippen LogP contribution in [0.5, 0.6) is 0 Å². The van der Waals surface area contributed by atoms with Gasteiger partial charge in [-0.05, 0) is 6.92 Å². The van der Waals surface area contributed by atoms with Crippen molar-refractivity contribution in [2.75, 3.05) is 0 Å². The van der Waals surface area contributed by atoms with E-state index in [4.69, 9.17) is 5.26 Å². The smallest absolute Gasteiger partial charge is 0.125 e. The summed E-state index contributed by atoms with van der Waals surface area (Å²) in [5, 5.41) is 8.30. The first-order chi connectivity index (χ1) is 5.33. The monoisotopic (exact) mass is 149 g/mol. The fraction of sp³-hybridized carbons (Fsp3) is 0.375. The Kier molecular flexibility index (Phi) is 4.67. The number of hydrogen-bond acceptors (Lipinski definition) is 3. The van der Waals surface area contributed by atoms with Gasteiger partial charge in [-0.25, -0.2) is 9.97 Å². The molecular formula is C8H11N3. The lowest BCUT2D eigenvalue weighted by Crippen LogP contribution is -1.85. The van der Waals surface area contributed by atoms with Crippen molar-refractivity contribution < 1.29 is 0 Å². The summed E-state index contributed by atoms with van der Waals surface area (Å²) in [6.45, 7) is 5.78. The molecule has 0 saturated carbocycles. The molecule has 0 unspecified atom stereocenters. The Balaban J connectivity index is 0.000000461. The number of aryl methyl sites for hydroxylation is 1. The Morgan fingerprint density at radius 3 is 2.09 bits per heavy atom. The first-order valence-corrected chi connectivity index (χ1v) is 3.51. The number of rotatable bonds is 0. The zero-order chi connectivity index (χ0) is 8.69. The molecule has 1 aromatic heterocycles. The van der Waals surface area contributed by atoms with Gasteiger partial charge < -0.3 is 0 Å². The van der Waals surface area contributed by atoms with E-state index in [0.29, 0.717) is 11.4 Å². The van der Waals surface area contributed by atoms with Crippen LogP contribution in [-0.4, -0.2) is 9.97 Å². The Bertz CT molecular complexity index is 233. The molecule has 0 spiro atoms. The maximum absolute atomic E-state index is 8.30. The summed E-state index contributed by atoms with van der Waals surface area (Å²) in [6.07, 6.45) is 3.00. The van der Waals surface area contributed by atoms with Crippen LogP contribution < -0.4 is 0 Å². The van der Waals surface area contributed by atoms with Crippen LogP contribution in [-0.2, 0) is 0 Å². The molecule has 0 amide bonds. The fourth-order valence-corrected chi connectivity index (χ4v) is 0.450. The van der Waals surface area contributed by atoms with E-state index < -0.39 is 0 Å². The van der Waals surface area contributed by atoms with E-state index in [1.54, 1.807) is 6.92 Å². The van der Waals surface area contributed by atoms with Crippen molar-refractivity contribution in [3.63, 3.8) is 0 Å². The highest BCUT2D eigenvalue weighted by Gasteiger charge is 1.87. The molecule has 1 heterocycles. The zero-order valence-corrected chi connectivity index (χ0v) is 7.00. The molecule has 0 bridgehead atoms. The molecule has 0 aromatic carbocycles. The van der Waals surface area contributed by atoms with Gasteiger partial charge in [0.25, 0.3) is 0 Å². The molecular weight excluding hydrogens is 138 g/mol. The third-order valence-corrected chi connectivity index (χ3v) is 0.910. The van der Waals surface area contributed by atoms with Crippen molar-refractivity contribution >= 4 is 0 Å². The number of nitriles is 1. The van der Waals surface area contributed by atoms with Gasteiger partial charge in [0.05, 0.1) is 5.56 Å². The summed E-state index contributed by atoms with van der Waals surface area (Å²) in [5.74, 6) is 0.689. The van der Waals surface area contributed by atoms with Crippen LogP contribution in [0.2, 0.25) is 0 Å². The Morgan fingerprint density at radius 1 is 1.27 bits per heavy atom. The molecule has 0 atom stereocenters. The maximum atomic E-state index is 8.30. The molecule has 3 heteroatoms. The van der Waals surface area contributed by atoms with Gasteiger partial charge in [-0.15, -0.1) is 0 Å². The number of aromatic nitrogens is 2. The lowest BCUT2D eigenvalue weighted by Gasteiger charge is -1.86. The van der Waals surface area contributed by atoms with Crippen molar-refractivity contribution in [3.05, 3.63) is 23.8 Å². The van der Waals surface area contributed by atoms with Crippen LogP contribution in [0.3, 0.4) is 0 Å². The Hall–Kier alpha value is -1.43. The number of hydrogen-bond donors (Lipinski definition) is 0. The molecule has 0 radical (unpaired) electrons. The largest absolute Gasteiger partial charge is 0.240 e.